The molecule has 7 nitrogen and oxygen atoms in total. The van der Waals surface area contributed by atoms with Crippen LogP contribution in [0.1, 0.15) is 53.9 Å². The molecule has 0 aromatic heterocycles. The number of aliphatic hydroxyl groups is 1. The Hall–Kier alpha value is -3.46. The number of nitrogens with one attached hydrogen (secondary N) is 1. The highest BCUT2D eigenvalue weighted by molar-refractivity contribution is 5.90. The number of carbonyl (C=O) groups is 1. The topological polar surface area (TPSA) is 86.3 Å². The largest absolute Gasteiger partial charge is 0.493 e. The number of rotatable bonds is 13. The van der Waals surface area contributed by atoms with E-state index in [0.717, 1.165) is 11.1 Å². The lowest BCUT2D eigenvalue weighted by Crippen LogP contribution is -2.46. The molecular formula is C31H38FNO6. The highest BCUT2D eigenvalue weighted by atomic mass is 19.1. The van der Waals surface area contributed by atoms with Gasteiger partial charge in [0.2, 0.25) is 0 Å². The first-order chi connectivity index (χ1) is 18.5. The molecule has 39 heavy (non-hydrogen) atoms. The Bertz CT molecular complexity index is 1260. The summed E-state index contributed by atoms with van der Waals surface area (Å²) in [5.74, 6) is 0.700. The number of benzene rings is 3. The van der Waals surface area contributed by atoms with Crippen molar-refractivity contribution >= 4 is 5.97 Å². The molecule has 0 bridgehead atoms. The van der Waals surface area contributed by atoms with Crippen molar-refractivity contribution < 1.29 is 33.2 Å². The molecule has 3 rings (SSSR count). The zero-order valence-electron chi connectivity index (χ0n) is 23.4. The fourth-order valence-corrected chi connectivity index (χ4v) is 4.14. The first kappa shape index (κ1) is 30.1. The number of halogens is 1. The molecule has 8 heteroatoms. The van der Waals surface area contributed by atoms with Gasteiger partial charge in [0.05, 0.1) is 38.6 Å². The van der Waals surface area contributed by atoms with E-state index in [9.17, 15) is 14.3 Å². The molecule has 0 saturated carbocycles. The molecule has 3 aromatic carbocycles. The van der Waals surface area contributed by atoms with E-state index in [0.29, 0.717) is 41.3 Å². The number of esters is 1. The average molecular weight is 540 g/mol. The number of carbonyl (C=O) groups excluding carboxylic acids is 1. The Kier molecular flexibility index (Phi) is 10.5. The minimum Gasteiger partial charge on any atom is -0.493 e. The zero-order chi connectivity index (χ0) is 28.6. The highest BCUT2D eigenvalue weighted by Crippen LogP contribution is 2.36. The van der Waals surface area contributed by atoms with E-state index in [4.69, 9.17) is 18.9 Å². The smallest absolute Gasteiger partial charge is 0.337 e. The van der Waals surface area contributed by atoms with Crippen LogP contribution >= 0.6 is 0 Å². The van der Waals surface area contributed by atoms with Crippen LogP contribution in [-0.4, -0.2) is 50.1 Å². The molecule has 0 saturated heterocycles. The standard InChI is InChI=1S/C31H38FNO6/c1-20-11-12-22(15-26(20)32)17-31(3,4)33-18-24(34)19-38-21(2)25-9-7-8-10-27(25)39-28-14-13-23(30(35)37-6)16-29(28)36-5/h7-16,21,24,33-34H,17-19H2,1-6H3/t21?,24-/m0/s1. The van der Waals surface area contributed by atoms with Gasteiger partial charge >= 0.3 is 5.97 Å². The van der Waals surface area contributed by atoms with Gasteiger partial charge in [-0.3, -0.25) is 0 Å². The third-order valence-corrected chi connectivity index (χ3v) is 6.40. The summed E-state index contributed by atoms with van der Waals surface area (Å²) < 4.78 is 36.2. The molecule has 2 atom stereocenters. The van der Waals surface area contributed by atoms with Gasteiger partial charge in [0, 0.05) is 17.6 Å². The maximum Gasteiger partial charge on any atom is 0.337 e. The van der Waals surface area contributed by atoms with E-state index in [1.165, 1.54) is 14.2 Å². The van der Waals surface area contributed by atoms with E-state index in [1.54, 1.807) is 37.3 Å². The summed E-state index contributed by atoms with van der Waals surface area (Å²) in [6.45, 7) is 8.08. The molecule has 1 unspecified atom stereocenters. The molecule has 0 amide bonds. The van der Waals surface area contributed by atoms with Gasteiger partial charge in [-0.05, 0) is 75.6 Å². The number of aliphatic hydroxyl groups excluding tert-OH is 1. The number of para-hydroxylation sites is 1. The SMILES string of the molecule is COC(=O)c1ccc(Oc2ccccc2C(C)OC[C@@H](O)CNC(C)(C)Cc2ccc(C)c(F)c2)c(OC)c1. The predicted molar refractivity (Wildman–Crippen MR) is 148 cm³/mol. The van der Waals surface area contributed by atoms with Crippen LogP contribution in [0.2, 0.25) is 0 Å². The summed E-state index contributed by atoms with van der Waals surface area (Å²) in [4.78, 5) is 11.9. The van der Waals surface area contributed by atoms with Gasteiger partial charge in [-0.25, -0.2) is 9.18 Å². The minimum absolute atomic E-state index is 0.106. The van der Waals surface area contributed by atoms with Crippen LogP contribution in [0, 0.1) is 12.7 Å². The van der Waals surface area contributed by atoms with Gasteiger partial charge in [-0.2, -0.15) is 0 Å². The molecule has 0 heterocycles. The Morgan fingerprint density at radius 2 is 1.77 bits per heavy atom. The van der Waals surface area contributed by atoms with Gasteiger partial charge in [-0.1, -0.05) is 30.3 Å². The summed E-state index contributed by atoms with van der Waals surface area (Å²) in [6, 6.07) is 17.5. The van der Waals surface area contributed by atoms with E-state index < -0.39 is 12.1 Å². The van der Waals surface area contributed by atoms with Crippen LogP contribution < -0.4 is 14.8 Å². The van der Waals surface area contributed by atoms with Crippen molar-refractivity contribution in [1.29, 1.82) is 0 Å². The van der Waals surface area contributed by atoms with Crippen molar-refractivity contribution in [1.82, 2.24) is 5.32 Å². The van der Waals surface area contributed by atoms with Gasteiger partial charge in [0.15, 0.2) is 11.5 Å². The molecule has 0 spiro atoms. The number of methoxy groups -OCH3 is 2. The fourth-order valence-electron chi connectivity index (χ4n) is 4.14. The number of hydrogen-bond donors (Lipinski definition) is 2. The molecular weight excluding hydrogens is 501 g/mol. The van der Waals surface area contributed by atoms with E-state index in [-0.39, 0.29) is 24.1 Å². The van der Waals surface area contributed by atoms with Crippen molar-refractivity contribution in [3.05, 3.63) is 88.7 Å². The summed E-state index contributed by atoms with van der Waals surface area (Å²) in [7, 11) is 2.81. The Labute approximate surface area is 229 Å². The molecule has 0 aliphatic rings. The van der Waals surface area contributed by atoms with Crippen LogP contribution in [0.3, 0.4) is 0 Å². The van der Waals surface area contributed by atoms with Gasteiger partial charge in [-0.15, -0.1) is 0 Å². The molecule has 210 valence electrons. The molecule has 0 radical (unpaired) electrons. The van der Waals surface area contributed by atoms with Crippen LogP contribution in [-0.2, 0) is 15.9 Å². The summed E-state index contributed by atoms with van der Waals surface area (Å²) in [5.41, 5.74) is 2.30. The first-order valence-corrected chi connectivity index (χ1v) is 12.9. The van der Waals surface area contributed by atoms with Crippen molar-refractivity contribution in [2.45, 2.75) is 51.9 Å². The second kappa shape index (κ2) is 13.6. The lowest BCUT2D eigenvalue weighted by atomic mass is 9.94. The Balaban J connectivity index is 1.58. The first-order valence-electron chi connectivity index (χ1n) is 12.9. The number of hydrogen-bond acceptors (Lipinski definition) is 7. The van der Waals surface area contributed by atoms with Crippen molar-refractivity contribution in [2.24, 2.45) is 0 Å². The summed E-state index contributed by atoms with van der Waals surface area (Å²) in [6.07, 6.45) is -0.511. The third kappa shape index (κ3) is 8.51. The van der Waals surface area contributed by atoms with E-state index in [2.05, 4.69) is 5.32 Å². The second-order valence-corrected chi connectivity index (χ2v) is 10.2. The molecule has 0 fully saturated rings. The van der Waals surface area contributed by atoms with E-state index >= 15 is 0 Å². The van der Waals surface area contributed by atoms with Crippen LogP contribution in [0.5, 0.6) is 17.2 Å². The maximum absolute atomic E-state index is 13.9. The number of β-amino-alcohol motifs (C(OH)–C–C–N with tert-alkyl or cyclic N) is 1. The average Bonchev–Trinajstić information content (AvgIpc) is 2.92. The number of ether oxygens (including phenoxy) is 4. The third-order valence-electron chi connectivity index (χ3n) is 6.40. The molecule has 3 aromatic rings. The fraction of sp³-hybridized carbons (Fsp3) is 0.387. The van der Waals surface area contributed by atoms with Gasteiger partial charge < -0.3 is 29.4 Å². The van der Waals surface area contributed by atoms with Gasteiger partial charge in [0.1, 0.15) is 11.6 Å². The molecule has 0 aliphatic carbocycles. The van der Waals surface area contributed by atoms with Gasteiger partial charge in [0.25, 0.3) is 0 Å². The van der Waals surface area contributed by atoms with Crippen LogP contribution in [0.15, 0.2) is 60.7 Å². The molecule has 2 N–H and O–H groups in total. The normalized spacial score (nSPS) is 13.0. The Morgan fingerprint density at radius 3 is 2.46 bits per heavy atom. The van der Waals surface area contributed by atoms with Crippen LogP contribution in [0.25, 0.3) is 0 Å². The Morgan fingerprint density at radius 1 is 1.03 bits per heavy atom. The second-order valence-electron chi connectivity index (χ2n) is 10.2. The lowest BCUT2D eigenvalue weighted by Gasteiger charge is -2.28. The predicted octanol–water partition coefficient (Wildman–Crippen LogP) is 5.77. The van der Waals surface area contributed by atoms with Crippen molar-refractivity contribution in [3.63, 3.8) is 0 Å². The van der Waals surface area contributed by atoms with Crippen molar-refractivity contribution in [2.75, 3.05) is 27.4 Å². The number of aryl methyl sites for hydroxylation is 1. The minimum atomic E-state index is -0.750. The zero-order valence-corrected chi connectivity index (χ0v) is 23.4. The highest BCUT2D eigenvalue weighted by Gasteiger charge is 2.21. The summed E-state index contributed by atoms with van der Waals surface area (Å²) in [5, 5.41) is 13.9. The monoisotopic (exact) mass is 539 g/mol. The van der Waals surface area contributed by atoms with E-state index in [1.807, 2.05) is 51.1 Å². The maximum atomic E-state index is 13.9. The summed E-state index contributed by atoms with van der Waals surface area (Å²) >= 11 is 0. The lowest BCUT2D eigenvalue weighted by molar-refractivity contribution is -0.00482. The van der Waals surface area contributed by atoms with Crippen molar-refractivity contribution in [3.8, 4) is 17.2 Å². The molecule has 0 aliphatic heterocycles. The van der Waals surface area contributed by atoms with Crippen LogP contribution in [0.4, 0.5) is 4.39 Å². The quantitative estimate of drug-likeness (QED) is 0.267.